The monoisotopic (exact) mass is 338 g/mol. The van der Waals surface area contributed by atoms with Gasteiger partial charge in [-0.1, -0.05) is 83.5 Å². The SMILES string of the molecule is OCC1CCCCCCCCC1(CO)C1CCCCCCCCC1. The fraction of sp³-hybridized carbons (Fsp3) is 1.00. The molecule has 0 spiro atoms. The highest BCUT2D eigenvalue weighted by molar-refractivity contribution is 4.92. The first-order chi connectivity index (χ1) is 11.8. The Morgan fingerprint density at radius 1 is 0.583 bits per heavy atom. The summed E-state index contributed by atoms with van der Waals surface area (Å²) in [7, 11) is 0. The van der Waals surface area contributed by atoms with Crippen molar-refractivity contribution in [2.45, 2.75) is 109 Å². The summed E-state index contributed by atoms with van der Waals surface area (Å²) in [6.07, 6.45) is 22.2. The van der Waals surface area contributed by atoms with Crippen molar-refractivity contribution in [2.24, 2.45) is 17.3 Å². The lowest BCUT2D eigenvalue weighted by atomic mass is 9.60. The summed E-state index contributed by atoms with van der Waals surface area (Å²) < 4.78 is 0. The second kappa shape index (κ2) is 11.5. The van der Waals surface area contributed by atoms with Crippen LogP contribution in [0.15, 0.2) is 0 Å². The molecule has 2 nitrogen and oxygen atoms in total. The fourth-order valence-corrected chi connectivity index (χ4v) is 5.58. The van der Waals surface area contributed by atoms with Crippen LogP contribution in [0.25, 0.3) is 0 Å². The van der Waals surface area contributed by atoms with Gasteiger partial charge < -0.3 is 10.2 Å². The second-order valence-corrected chi connectivity index (χ2v) is 8.68. The molecule has 2 unspecified atom stereocenters. The number of hydrogen-bond donors (Lipinski definition) is 2. The number of aliphatic hydroxyl groups excluding tert-OH is 2. The maximum atomic E-state index is 10.6. The van der Waals surface area contributed by atoms with E-state index in [-0.39, 0.29) is 12.0 Å². The van der Waals surface area contributed by atoms with Gasteiger partial charge in [0.05, 0.1) is 0 Å². The number of hydrogen-bond acceptors (Lipinski definition) is 2. The Morgan fingerprint density at radius 3 is 1.54 bits per heavy atom. The van der Waals surface area contributed by atoms with E-state index in [2.05, 4.69) is 0 Å². The Labute approximate surface area is 150 Å². The molecule has 0 bridgehead atoms. The molecule has 0 aromatic carbocycles. The summed E-state index contributed by atoms with van der Waals surface area (Å²) in [6.45, 7) is 0.569. The van der Waals surface area contributed by atoms with Gasteiger partial charge >= 0.3 is 0 Å². The highest BCUT2D eigenvalue weighted by Gasteiger charge is 2.43. The van der Waals surface area contributed by atoms with E-state index in [9.17, 15) is 10.2 Å². The highest BCUT2D eigenvalue weighted by atomic mass is 16.3. The van der Waals surface area contributed by atoms with Crippen molar-refractivity contribution in [3.63, 3.8) is 0 Å². The van der Waals surface area contributed by atoms with Gasteiger partial charge in [-0.05, 0) is 37.5 Å². The standard InChI is InChI=1S/C22H42O2/c23-18-21-16-12-8-4-5-9-13-17-22(21,19-24)20-14-10-6-2-1-3-7-11-15-20/h20-21,23-24H,1-19H2. The first kappa shape index (κ1) is 20.2. The van der Waals surface area contributed by atoms with Gasteiger partial charge in [0.15, 0.2) is 0 Å². The lowest BCUT2D eigenvalue weighted by molar-refractivity contribution is -0.0444. The van der Waals surface area contributed by atoms with Gasteiger partial charge in [0.2, 0.25) is 0 Å². The van der Waals surface area contributed by atoms with Gasteiger partial charge in [-0.25, -0.2) is 0 Å². The highest BCUT2D eigenvalue weighted by Crippen LogP contribution is 2.48. The molecule has 2 saturated carbocycles. The van der Waals surface area contributed by atoms with E-state index in [1.54, 1.807) is 0 Å². The predicted octanol–water partition coefficient (Wildman–Crippen LogP) is 5.85. The summed E-state index contributed by atoms with van der Waals surface area (Å²) in [6, 6.07) is 0. The molecule has 0 aromatic heterocycles. The molecule has 0 amide bonds. The van der Waals surface area contributed by atoms with Crippen molar-refractivity contribution < 1.29 is 10.2 Å². The zero-order valence-electron chi connectivity index (χ0n) is 16.0. The van der Waals surface area contributed by atoms with E-state index in [0.717, 1.165) is 12.8 Å². The molecule has 0 radical (unpaired) electrons. The second-order valence-electron chi connectivity index (χ2n) is 8.68. The number of aliphatic hydroxyl groups is 2. The van der Waals surface area contributed by atoms with Gasteiger partial charge in [0.1, 0.15) is 0 Å². The summed E-state index contributed by atoms with van der Waals surface area (Å²) >= 11 is 0. The van der Waals surface area contributed by atoms with Crippen LogP contribution in [-0.2, 0) is 0 Å². The largest absolute Gasteiger partial charge is 0.396 e. The van der Waals surface area contributed by atoms with Gasteiger partial charge in [-0.15, -0.1) is 0 Å². The van der Waals surface area contributed by atoms with Crippen LogP contribution in [0.5, 0.6) is 0 Å². The van der Waals surface area contributed by atoms with Crippen LogP contribution < -0.4 is 0 Å². The molecular formula is C22H42O2. The van der Waals surface area contributed by atoms with E-state index in [1.807, 2.05) is 0 Å². The van der Waals surface area contributed by atoms with Gasteiger partial charge in [0.25, 0.3) is 0 Å². The van der Waals surface area contributed by atoms with Crippen molar-refractivity contribution >= 4 is 0 Å². The smallest absolute Gasteiger partial charge is 0.0493 e. The lowest BCUT2D eigenvalue weighted by Gasteiger charge is -2.46. The molecule has 2 atom stereocenters. The van der Waals surface area contributed by atoms with Crippen molar-refractivity contribution in [3.05, 3.63) is 0 Å². The van der Waals surface area contributed by atoms with Crippen LogP contribution in [0.2, 0.25) is 0 Å². The van der Waals surface area contributed by atoms with Crippen LogP contribution in [-0.4, -0.2) is 23.4 Å². The van der Waals surface area contributed by atoms with Gasteiger partial charge in [0, 0.05) is 18.6 Å². The first-order valence-electron chi connectivity index (χ1n) is 11.0. The molecule has 0 aromatic rings. The van der Waals surface area contributed by atoms with Crippen LogP contribution in [0.1, 0.15) is 109 Å². The summed E-state index contributed by atoms with van der Waals surface area (Å²) in [5.41, 5.74) is -0.00864. The van der Waals surface area contributed by atoms with E-state index >= 15 is 0 Å². The van der Waals surface area contributed by atoms with Crippen LogP contribution in [0.4, 0.5) is 0 Å². The average Bonchev–Trinajstić information content (AvgIpc) is 2.63. The fourth-order valence-electron chi connectivity index (χ4n) is 5.58. The molecule has 2 aliphatic carbocycles. The molecule has 2 rings (SSSR count). The summed E-state index contributed by atoms with van der Waals surface area (Å²) in [4.78, 5) is 0. The molecule has 2 fully saturated rings. The molecule has 2 heteroatoms. The Morgan fingerprint density at radius 2 is 1.04 bits per heavy atom. The quantitative estimate of drug-likeness (QED) is 0.677. The topological polar surface area (TPSA) is 40.5 Å². The Hall–Kier alpha value is -0.0800. The molecule has 24 heavy (non-hydrogen) atoms. The molecule has 0 saturated heterocycles. The van der Waals surface area contributed by atoms with E-state index < -0.39 is 0 Å². The van der Waals surface area contributed by atoms with Crippen LogP contribution in [0.3, 0.4) is 0 Å². The predicted molar refractivity (Wildman–Crippen MR) is 102 cm³/mol. The van der Waals surface area contributed by atoms with Crippen molar-refractivity contribution in [2.75, 3.05) is 13.2 Å². The maximum Gasteiger partial charge on any atom is 0.0493 e. The zero-order chi connectivity index (χ0) is 17.1. The number of rotatable bonds is 3. The third-order valence-electron chi connectivity index (χ3n) is 7.19. The van der Waals surface area contributed by atoms with Crippen molar-refractivity contribution in [3.8, 4) is 0 Å². The minimum atomic E-state index is -0.00864. The molecule has 0 heterocycles. The Balaban J connectivity index is 2.15. The minimum absolute atomic E-state index is 0.00864. The van der Waals surface area contributed by atoms with E-state index in [4.69, 9.17) is 0 Å². The van der Waals surface area contributed by atoms with E-state index in [1.165, 1.54) is 96.3 Å². The third kappa shape index (κ3) is 5.73. The van der Waals surface area contributed by atoms with Gasteiger partial charge in [-0.2, -0.15) is 0 Å². The van der Waals surface area contributed by atoms with Crippen molar-refractivity contribution in [1.29, 1.82) is 0 Å². The molecule has 2 aliphatic rings. The van der Waals surface area contributed by atoms with E-state index in [0.29, 0.717) is 18.4 Å². The molecule has 2 N–H and O–H groups in total. The third-order valence-corrected chi connectivity index (χ3v) is 7.19. The zero-order valence-corrected chi connectivity index (χ0v) is 16.0. The summed E-state index contributed by atoms with van der Waals surface area (Å²) in [5.74, 6) is 0.936. The summed E-state index contributed by atoms with van der Waals surface area (Å²) in [5, 5.41) is 20.7. The lowest BCUT2D eigenvalue weighted by Crippen LogP contribution is -2.43. The van der Waals surface area contributed by atoms with Gasteiger partial charge in [-0.3, -0.25) is 0 Å². The minimum Gasteiger partial charge on any atom is -0.396 e. The maximum absolute atomic E-state index is 10.6. The average molecular weight is 339 g/mol. The Bertz CT molecular complexity index is 307. The van der Waals surface area contributed by atoms with Crippen LogP contribution >= 0.6 is 0 Å². The first-order valence-corrected chi connectivity index (χ1v) is 11.0. The van der Waals surface area contributed by atoms with Crippen molar-refractivity contribution in [1.82, 2.24) is 0 Å². The Kier molecular flexibility index (Phi) is 9.71. The molecule has 0 aliphatic heterocycles. The molecular weight excluding hydrogens is 296 g/mol. The normalized spacial score (nSPS) is 33.0. The van der Waals surface area contributed by atoms with Crippen LogP contribution in [0, 0.1) is 17.3 Å². The molecule has 142 valence electrons.